The van der Waals surface area contributed by atoms with Gasteiger partial charge in [-0.25, -0.2) is 4.79 Å². The van der Waals surface area contributed by atoms with Crippen molar-refractivity contribution in [2.75, 3.05) is 18.6 Å². The van der Waals surface area contributed by atoms with Gasteiger partial charge >= 0.3 is 5.97 Å². The molecule has 0 unspecified atom stereocenters. The molecule has 1 amide bonds. The lowest BCUT2D eigenvalue weighted by Gasteiger charge is -2.17. The average Bonchev–Trinajstić information content (AvgIpc) is 3.00. The van der Waals surface area contributed by atoms with Gasteiger partial charge in [0, 0.05) is 12.7 Å². The van der Waals surface area contributed by atoms with E-state index in [0.29, 0.717) is 28.4 Å². The number of amides is 1. The van der Waals surface area contributed by atoms with E-state index in [9.17, 15) is 9.59 Å². The number of aryl methyl sites for hydroxylation is 1. The van der Waals surface area contributed by atoms with Crippen molar-refractivity contribution in [2.24, 2.45) is 0 Å². The van der Waals surface area contributed by atoms with E-state index in [0.717, 1.165) is 11.5 Å². The van der Waals surface area contributed by atoms with E-state index in [1.165, 1.54) is 4.90 Å². The number of nitrogens with zero attached hydrogens (tertiary/aromatic N) is 3. The summed E-state index contributed by atoms with van der Waals surface area (Å²) < 4.78 is 8.86. The predicted molar refractivity (Wildman–Crippen MR) is 81.6 cm³/mol. The fourth-order valence-electron chi connectivity index (χ4n) is 1.78. The number of hydrogen-bond acceptors (Lipinski definition) is 6. The van der Waals surface area contributed by atoms with Gasteiger partial charge in [0.1, 0.15) is 10.6 Å². The molecule has 0 aliphatic heterocycles. The SMILES string of the molecule is CCc1nnsc1C(=O)N(C)c1ccc(OCC(=O)O)cc1. The van der Waals surface area contributed by atoms with Gasteiger partial charge in [0.25, 0.3) is 5.91 Å². The van der Waals surface area contributed by atoms with Crippen LogP contribution in [0.15, 0.2) is 24.3 Å². The van der Waals surface area contributed by atoms with Crippen LogP contribution < -0.4 is 9.64 Å². The highest BCUT2D eigenvalue weighted by Crippen LogP contribution is 2.22. The Morgan fingerprint density at radius 2 is 2.00 bits per heavy atom. The van der Waals surface area contributed by atoms with Crippen molar-refractivity contribution in [3.63, 3.8) is 0 Å². The molecule has 22 heavy (non-hydrogen) atoms. The summed E-state index contributed by atoms with van der Waals surface area (Å²) in [6.45, 7) is 1.52. The predicted octanol–water partition coefficient (Wildman–Crippen LogP) is 1.84. The van der Waals surface area contributed by atoms with Gasteiger partial charge in [0.2, 0.25) is 0 Å². The van der Waals surface area contributed by atoms with E-state index in [1.807, 2.05) is 6.92 Å². The summed E-state index contributed by atoms with van der Waals surface area (Å²) in [5.74, 6) is -0.784. The number of carboxylic acids is 1. The van der Waals surface area contributed by atoms with Crippen molar-refractivity contribution in [1.82, 2.24) is 9.59 Å². The van der Waals surface area contributed by atoms with Crippen LogP contribution >= 0.6 is 11.5 Å². The molecule has 8 heteroatoms. The van der Waals surface area contributed by atoms with Crippen molar-refractivity contribution in [3.05, 3.63) is 34.8 Å². The molecule has 1 aromatic carbocycles. The third-order valence-electron chi connectivity index (χ3n) is 2.98. The molecule has 2 rings (SSSR count). The molecular formula is C14H15N3O4S. The number of carbonyl (C=O) groups is 2. The number of benzene rings is 1. The van der Waals surface area contributed by atoms with Crippen LogP contribution in [0.4, 0.5) is 5.69 Å². The number of hydrogen-bond donors (Lipinski definition) is 1. The second-order valence-electron chi connectivity index (χ2n) is 4.44. The molecule has 0 aliphatic carbocycles. The van der Waals surface area contributed by atoms with Crippen LogP contribution in [-0.2, 0) is 11.2 Å². The summed E-state index contributed by atoms with van der Waals surface area (Å²) in [5.41, 5.74) is 1.35. The number of carboxylic acid groups (broad SMARTS) is 1. The van der Waals surface area contributed by atoms with E-state index in [1.54, 1.807) is 31.3 Å². The van der Waals surface area contributed by atoms with E-state index in [2.05, 4.69) is 9.59 Å². The Bertz CT molecular complexity index is 669. The fraction of sp³-hybridized carbons (Fsp3) is 0.286. The summed E-state index contributed by atoms with van der Waals surface area (Å²) in [6, 6.07) is 6.62. The Morgan fingerprint density at radius 1 is 1.32 bits per heavy atom. The van der Waals surface area contributed by atoms with E-state index in [4.69, 9.17) is 9.84 Å². The van der Waals surface area contributed by atoms with Crippen molar-refractivity contribution < 1.29 is 19.4 Å². The molecule has 0 bridgehead atoms. The number of rotatable bonds is 6. The zero-order valence-corrected chi connectivity index (χ0v) is 13.0. The monoisotopic (exact) mass is 321 g/mol. The quantitative estimate of drug-likeness (QED) is 0.872. The minimum absolute atomic E-state index is 0.175. The molecule has 0 aliphatic rings. The maximum absolute atomic E-state index is 12.4. The molecule has 1 N–H and O–H groups in total. The van der Waals surface area contributed by atoms with Gasteiger partial charge in [0.05, 0.1) is 5.69 Å². The van der Waals surface area contributed by atoms with Crippen LogP contribution in [0.3, 0.4) is 0 Å². The summed E-state index contributed by atoms with van der Waals surface area (Å²) >= 11 is 1.08. The third-order valence-corrected chi connectivity index (χ3v) is 3.73. The first-order valence-electron chi connectivity index (χ1n) is 6.56. The number of anilines is 1. The second kappa shape index (κ2) is 6.99. The van der Waals surface area contributed by atoms with Gasteiger partial charge < -0.3 is 14.7 Å². The summed E-state index contributed by atoms with van der Waals surface area (Å²) in [6.07, 6.45) is 0.646. The molecule has 116 valence electrons. The lowest BCUT2D eigenvalue weighted by molar-refractivity contribution is -0.139. The van der Waals surface area contributed by atoms with Crippen molar-refractivity contribution in [2.45, 2.75) is 13.3 Å². The van der Waals surface area contributed by atoms with Crippen LogP contribution in [0.5, 0.6) is 5.75 Å². The summed E-state index contributed by atoms with van der Waals surface area (Å²) in [4.78, 5) is 24.9. The number of aromatic nitrogens is 2. The van der Waals surface area contributed by atoms with Crippen molar-refractivity contribution >= 4 is 29.1 Å². The number of aliphatic carboxylic acids is 1. The van der Waals surface area contributed by atoms with Crippen molar-refractivity contribution in [3.8, 4) is 5.75 Å². The molecule has 1 aromatic heterocycles. The average molecular weight is 321 g/mol. The van der Waals surface area contributed by atoms with Crippen molar-refractivity contribution in [1.29, 1.82) is 0 Å². The highest BCUT2D eigenvalue weighted by molar-refractivity contribution is 7.08. The molecule has 0 saturated heterocycles. The normalized spacial score (nSPS) is 10.3. The Balaban J connectivity index is 2.10. The Morgan fingerprint density at radius 3 is 2.59 bits per heavy atom. The molecule has 1 heterocycles. The van der Waals surface area contributed by atoms with Gasteiger partial charge in [-0.3, -0.25) is 4.79 Å². The maximum Gasteiger partial charge on any atom is 0.341 e. The number of carbonyl (C=O) groups excluding carboxylic acids is 1. The van der Waals surface area contributed by atoms with Gasteiger partial charge in [-0.2, -0.15) is 0 Å². The lowest BCUT2D eigenvalue weighted by Crippen LogP contribution is -2.26. The molecule has 7 nitrogen and oxygen atoms in total. The third kappa shape index (κ3) is 3.59. The zero-order valence-electron chi connectivity index (χ0n) is 12.1. The van der Waals surface area contributed by atoms with Crippen LogP contribution in [0, 0.1) is 0 Å². The fourth-order valence-corrected chi connectivity index (χ4v) is 2.51. The topological polar surface area (TPSA) is 92.6 Å². The first-order valence-corrected chi connectivity index (χ1v) is 7.34. The van der Waals surface area contributed by atoms with Gasteiger partial charge in [0.15, 0.2) is 6.61 Å². The standard InChI is InChI=1S/C14H15N3O4S/c1-3-11-13(22-16-15-11)14(20)17(2)9-4-6-10(7-5-9)21-8-12(18)19/h4-7H,3,8H2,1-2H3,(H,18,19). The Kier molecular flexibility index (Phi) is 5.05. The van der Waals surface area contributed by atoms with Crippen LogP contribution in [-0.4, -0.2) is 40.2 Å². The minimum Gasteiger partial charge on any atom is -0.482 e. The zero-order chi connectivity index (χ0) is 16.1. The van der Waals surface area contributed by atoms with E-state index < -0.39 is 12.6 Å². The molecule has 0 fully saturated rings. The molecule has 0 atom stereocenters. The van der Waals surface area contributed by atoms with E-state index >= 15 is 0 Å². The Labute approximate surface area is 131 Å². The molecule has 0 saturated carbocycles. The van der Waals surface area contributed by atoms with Gasteiger partial charge in [-0.15, -0.1) is 5.10 Å². The molecule has 0 radical (unpaired) electrons. The first-order chi connectivity index (χ1) is 10.5. The largest absolute Gasteiger partial charge is 0.482 e. The molecule has 2 aromatic rings. The number of ether oxygens (including phenoxy) is 1. The Hall–Kier alpha value is -2.48. The molecule has 0 spiro atoms. The minimum atomic E-state index is -1.04. The summed E-state index contributed by atoms with van der Waals surface area (Å²) in [7, 11) is 1.66. The highest BCUT2D eigenvalue weighted by atomic mass is 32.1. The lowest BCUT2D eigenvalue weighted by atomic mass is 10.2. The first kappa shape index (κ1) is 15.9. The van der Waals surface area contributed by atoms with Gasteiger partial charge in [-0.1, -0.05) is 11.4 Å². The van der Waals surface area contributed by atoms with E-state index in [-0.39, 0.29) is 5.91 Å². The maximum atomic E-state index is 12.4. The van der Waals surface area contributed by atoms with Crippen LogP contribution in [0.1, 0.15) is 22.3 Å². The highest BCUT2D eigenvalue weighted by Gasteiger charge is 2.20. The summed E-state index contributed by atoms with van der Waals surface area (Å²) in [5, 5.41) is 12.5. The smallest absolute Gasteiger partial charge is 0.341 e. The van der Waals surface area contributed by atoms with Gasteiger partial charge in [-0.05, 0) is 42.2 Å². The molecular weight excluding hydrogens is 306 g/mol. The van der Waals surface area contributed by atoms with Crippen LogP contribution in [0.25, 0.3) is 0 Å². The van der Waals surface area contributed by atoms with Crippen LogP contribution in [0.2, 0.25) is 0 Å². The second-order valence-corrected chi connectivity index (χ2v) is 5.20.